The maximum Gasteiger partial charge on any atom is 0.202 e. The minimum absolute atomic E-state index is 0.131. The zero-order valence-electron chi connectivity index (χ0n) is 8.80. The Labute approximate surface area is 83.8 Å². The molecule has 0 bridgehead atoms. The summed E-state index contributed by atoms with van der Waals surface area (Å²) in [6.07, 6.45) is 2.06. The summed E-state index contributed by atoms with van der Waals surface area (Å²) in [5.74, 6) is 0. The second kappa shape index (κ2) is 2.32. The van der Waals surface area contributed by atoms with Crippen molar-refractivity contribution in [1.82, 2.24) is 0 Å². The molecule has 0 aromatic carbocycles. The van der Waals surface area contributed by atoms with Crippen LogP contribution in [-0.2, 0) is 9.47 Å². The second-order valence-electron chi connectivity index (χ2n) is 5.35. The van der Waals surface area contributed by atoms with Gasteiger partial charge in [-0.15, -0.1) is 0 Å². The first kappa shape index (κ1) is 9.09. The minimum atomic E-state index is -0.194. The zero-order chi connectivity index (χ0) is 10.0. The van der Waals surface area contributed by atoms with Crippen LogP contribution in [-0.4, -0.2) is 41.9 Å². The summed E-state index contributed by atoms with van der Waals surface area (Å²) in [5.41, 5.74) is -0.456. The van der Waals surface area contributed by atoms with Gasteiger partial charge < -0.3 is 14.6 Å². The van der Waals surface area contributed by atoms with Crippen LogP contribution in [0.1, 0.15) is 26.7 Å². The van der Waals surface area contributed by atoms with Crippen molar-refractivity contribution in [2.75, 3.05) is 19.8 Å². The van der Waals surface area contributed by atoms with E-state index < -0.39 is 0 Å². The van der Waals surface area contributed by atoms with Crippen LogP contribution in [0.3, 0.4) is 0 Å². The van der Waals surface area contributed by atoms with Crippen molar-refractivity contribution in [2.45, 2.75) is 43.7 Å². The van der Waals surface area contributed by atoms with Crippen LogP contribution in [0.25, 0.3) is 0 Å². The number of nitrogens with one attached hydrogen (secondary N) is 1. The largest absolute Gasteiger partial charge is 0.390 e. The van der Waals surface area contributed by atoms with Gasteiger partial charge in [0.2, 0.25) is 11.4 Å². The van der Waals surface area contributed by atoms with Crippen LogP contribution in [0.15, 0.2) is 0 Å². The molecule has 3 aliphatic heterocycles. The Balaban J connectivity index is 2.08. The monoisotopic (exact) mass is 200 g/mol. The van der Waals surface area contributed by atoms with Crippen molar-refractivity contribution < 1.29 is 19.5 Å². The van der Waals surface area contributed by atoms with Gasteiger partial charge in [0.25, 0.3) is 0 Å². The van der Waals surface area contributed by atoms with Crippen LogP contribution in [0.2, 0.25) is 0 Å². The van der Waals surface area contributed by atoms with E-state index >= 15 is 0 Å². The molecule has 2 N–H and O–H groups in total. The summed E-state index contributed by atoms with van der Waals surface area (Å²) < 4.78 is 11.8. The fraction of sp³-hybridized carbons (Fsp3) is 1.00. The average molecular weight is 200 g/mol. The Kier molecular flexibility index (Phi) is 1.51. The van der Waals surface area contributed by atoms with Crippen LogP contribution in [0.4, 0.5) is 0 Å². The molecule has 4 nitrogen and oxygen atoms in total. The van der Waals surface area contributed by atoms with Gasteiger partial charge in [0.05, 0.1) is 0 Å². The lowest BCUT2D eigenvalue weighted by Gasteiger charge is -2.33. The molecule has 0 spiro atoms. The van der Waals surface area contributed by atoms with Crippen LogP contribution in [0, 0.1) is 0 Å². The highest BCUT2D eigenvalue weighted by Crippen LogP contribution is 2.38. The molecule has 0 radical (unpaired) electrons. The van der Waals surface area contributed by atoms with E-state index in [1.807, 2.05) is 0 Å². The molecule has 14 heavy (non-hydrogen) atoms. The number of aliphatic hydroxyl groups excluding tert-OH is 1. The molecule has 3 heterocycles. The third-order valence-corrected chi connectivity index (χ3v) is 4.30. The molecule has 0 aromatic rings. The average Bonchev–Trinajstić information content (AvgIpc) is 2.72. The van der Waals surface area contributed by atoms with Crippen LogP contribution in [0.5, 0.6) is 0 Å². The predicted molar refractivity (Wildman–Crippen MR) is 48.7 cm³/mol. The normalized spacial score (nSPS) is 60.6. The lowest BCUT2D eigenvalue weighted by Crippen LogP contribution is -3.27. The molecule has 4 heteroatoms. The van der Waals surface area contributed by atoms with Gasteiger partial charge in [0.15, 0.2) is 5.54 Å². The highest BCUT2D eigenvalue weighted by atomic mass is 16.6. The summed E-state index contributed by atoms with van der Waals surface area (Å²) in [7, 11) is 0. The van der Waals surface area contributed by atoms with E-state index in [0.29, 0.717) is 13.2 Å². The SMILES string of the molecule is C[C@]12CC[C@]3(C)OCC(CO)(CO1)[NH+]23. The molecule has 0 aromatic heterocycles. The topological polar surface area (TPSA) is 43.1 Å². The van der Waals surface area contributed by atoms with E-state index in [0.717, 1.165) is 12.8 Å². The van der Waals surface area contributed by atoms with Gasteiger partial charge in [-0.3, -0.25) is 4.90 Å². The summed E-state index contributed by atoms with van der Waals surface area (Å²) in [4.78, 5) is 1.32. The van der Waals surface area contributed by atoms with Gasteiger partial charge in [0, 0.05) is 26.7 Å². The summed E-state index contributed by atoms with van der Waals surface area (Å²) in [5, 5.41) is 9.54. The third kappa shape index (κ3) is 0.795. The van der Waals surface area contributed by atoms with Gasteiger partial charge in [-0.05, 0) is 0 Å². The number of rotatable bonds is 1. The Hall–Kier alpha value is -0.160. The molecule has 0 saturated carbocycles. The quantitative estimate of drug-likeness (QED) is 0.564. The Morgan fingerprint density at radius 1 is 1.14 bits per heavy atom. The minimum Gasteiger partial charge on any atom is -0.390 e. The Morgan fingerprint density at radius 3 is 2.07 bits per heavy atom. The van der Waals surface area contributed by atoms with Crippen molar-refractivity contribution in [1.29, 1.82) is 0 Å². The number of hydrogen-bond donors (Lipinski definition) is 2. The molecule has 0 aliphatic carbocycles. The molecule has 3 fully saturated rings. The van der Waals surface area contributed by atoms with Crippen molar-refractivity contribution in [3.8, 4) is 0 Å². The smallest absolute Gasteiger partial charge is 0.202 e. The van der Waals surface area contributed by atoms with Gasteiger partial charge in [-0.1, -0.05) is 0 Å². The fourth-order valence-corrected chi connectivity index (χ4v) is 3.65. The van der Waals surface area contributed by atoms with Crippen molar-refractivity contribution >= 4 is 0 Å². The number of aliphatic hydroxyl groups is 1. The molecule has 3 aliphatic rings. The Morgan fingerprint density at radius 2 is 1.64 bits per heavy atom. The van der Waals surface area contributed by atoms with E-state index in [1.165, 1.54) is 4.90 Å². The molecule has 0 amide bonds. The second-order valence-corrected chi connectivity index (χ2v) is 5.35. The predicted octanol–water partition coefficient (Wildman–Crippen LogP) is -1.11. The third-order valence-electron chi connectivity index (χ3n) is 4.30. The van der Waals surface area contributed by atoms with Gasteiger partial charge in [-0.25, -0.2) is 0 Å². The summed E-state index contributed by atoms with van der Waals surface area (Å²) >= 11 is 0. The standard InChI is InChI=1S/C10H17NO3/c1-8-3-4-9(2)11(8)10(5-12,6-13-8)7-14-9/h12H,3-7H2,1-2H3/p+1/t8-,9+,10?. The lowest BCUT2D eigenvalue weighted by atomic mass is 10.0. The van der Waals surface area contributed by atoms with Crippen molar-refractivity contribution in [3.05, 3.63) is 0 Å². The highest BCUT2D eigenvalue weighted by molar-refractivity contribution is 4.97. The maximum absolute atomic E-state index is 9.54. The molecule has 3 saturated heterocycles. The first-order valence-corrected chi connectivity index (χ1v) is 5.32. The van der Waals surface area contributed by atoms with Gasteiger partial charge in [0.1, 0.15) is 19.8 Å². The number of ether oxygens (including phenoxy) is 2. The number of quaternary nitrogens is 1. The van der Waals surface area contributed by atoms with Gasteiger partial charge in [-0.2, -0.15) is 0 Å². The number of hydrogen-bond acceptors (Lipinski definition) is 3. The van der Waals surface area contributed by atoms with Crippen LogP contribution >= 0.6 is 0 Å². The highest BCUT2D eigenvalue weighted by Gasteiger charge is 2.73. The molecule has 4 atom stereocenters. The molecular weight excluding hydrogens is 182 g/mol. The lowest BCUT2D eigenvalue weighted by molar-refractivity contribution is -1.02. The molecule has 2 unspecified atom stereocenters. The van der Waals surface area contributed by atoms with Gasteiger partial charge >= 0.3 is 0 Å². The molecule has 80 valence electrons. The first-order chi connectivity index (χ1) is 6.55. The van der Waals surface area contributed by atoms with E-state index in [4.69, 9.17) is 9.47 Å². The zero-order valence-corrected chi connectivity index (χ0v) is 8.80. The molecule has 3 rings (SSSR count). The van der Waals surface area contributed by atoms with E-state index in [9.17, 15) is 5.11 Å². The maximum atomic E-state index is 9.54. The van der Waals surface area contributed by atoms with Crippen molar-refractivity contribution in [2.24, 2.45) is 0 Å². The van der Waals surface area contributed by atoms with Crippen molar-refractivity contribution in [3.63, 3.8) is 0 Å². The Bertz CT molecular complexity index is 261. The fourth-order valence-electron chi connectivity index (χ4n) is 3.65. The van der Waals surface area contributed by atoms with Crippen LogP contribution < -0.4 is 4.90 Å². The summed E-state index contributed by atoms with van der Waals surface area (Å²) in [6, 6.07) is 0. The van der Waals surface area contributed by atoms with E-state index in [2.05, 4.69) is 13.8 Å². The summed E-state index contributed by atoms with van der Waals surface area (Å²) in [6.45, 7) is 5.70. The first-order valence-electron chi connectivity index (χ1n) is 5.32. The molecular formula is C10H18NO3+. The van der Waals surface area contributed by atoms with E-state index in [-0.39, 0.29) is 23.6 Å². The van der Waals surface area contributed by atoms with E-state index in [1.54, 1.807) is 0 Å².